The quantitative estimate of drug-likeness (QED) is 0.595. The number of nitrogens with one attached hydrogen (secondary N) is 1. The summed E-state index contributed by atoms with van der Waals surface area (Å²) in [6, 6.07) is 0.582. The van der Waals surface area contributed by atoms with Gasteiger partial charge >= 0.3 is 6.03 Å². The Morgan fingerprint density at radius 3 is 2.64 bits per heavy atom. The number of urea groups is 1. The van der Waals surface area contributed by atoms with Crippen LogP contribution in [0.3, 0.4) is 0 Å². The van der Waals surface area contributed by atoms with Crippen LogP contribution < -0.4 is 5.32 Å². The topological polar surface area (TPSA) is 32.3 Å². The van der Waals surface area contributed by atoms with Gasteiger partial charge in [-0.05, 0) is 18.8 Å². The van der Waals surface area contributed by atoms with Crippen molar-refractivity contribution < 1.29 is 4.79 Å². The maximum absolute atomic E-state index is 11.0. The lowest BCUT2D eigenvalue weighted by molar-refractivity contribution is 0.164. The lowest BCUT2D eigenvalue weighted by Crippen LogP contribution is -2.39. The van der Waals surface area contributed by atoms with Gasteiger partial charge in [0.15, 0.2) is 0 Å². The molecule has 0 bridgehead atoms. The number of hydrogen-bond donors (Lipinski definition) is 1. The van der Waals surface area contributed by atoms with Crippen molar-refractivity contribution in [1.29, 1.82) is 0 Å². The van der Waals surface area contributed by atoms with E-state index < -0.39 is 0 Å². The van der Waals surface area contributed by atoms with Crippen molar-refractivity contribution in [3.63, 3.8) is 0 Å². The van der Waals surface area contributed by atoms with Gasteiger partial charge in [0.2, 0.25) is 0 Å². The molecule has 3 nitrogen and oxygen atoms in total. The van der Waals surface area contributed by atoms with Crippen molar-refractivity contribution in [3.8, 4) is 0 Å². The molecule has 1 saturated carbocycles. The monoisotopic (exact) mass is 154 g/mol. The number of likely N-dealkylation sites (N-methyl/N-ethyl adjacent to an activating group) is 1. The Morgan fingerprint density at radius 1 is 1.55 bits per heavy atom. The van der Waals surface area contributed by atoms with Gasteiger partial charge in [-0.3, -0.25) is 0 Å². The van der Waals surface area contributed by atoms with Crippen LogP contribution in [0.1, 0.15) is 19.3 Å². The molecule has 1 N–H and O–H groups in total. The fraction of sp³-hybridized carbons (Fsp3) is 0.875. The second-order valence-electron chi connectivity index (χ2n) is 3.56. The Kier molecular flexibility index (Phi) is 1.51. The van der Waals surface area contributed by atoms with Gasteiger partial charge in [-0.25, -0.2) is 4.79 Å². The van der Waals surface area contributed by atoms with Crippen molar-refractivity contribution in [2.45, 2.75) is 25.3 Å². The SMILES string of the molecule is CN1C(=O)NCC1C1CCC1. The summed E-state index contributed by atoms with van der Waals surface area (Å²) in [5.41, 5.74) is 0. The molecule has 1 unspecified atom stereocenters. The molecule has 0 radical (unpaired) electrons. The van der Waals surface area contributed by atoms with Gasteiger partial charge in [0, 0.05) is 13.6 Å². The molecule has 2 fully saturated rings. The normalized spacial score (nSPS) is 31.9. The Hall–Kier alpha value is -0.730. The van der Waals surface area contributed by atoms with E-state index in [9.17, 15) is 4.79 Å². The third-order valence-electron chi connectivity index (χ3n) is 2.97. The standard InChI is InChI=1S/C8H14N2O/c1-10-7(5-9-8(10)11)6-3-2-4-6/h6-7H,2-5H2,1H3,(H,9,11). The highest BCUT2D eigenvalue weighted by atomic mass is 16.2. The molecule has 11 heavy (non-hydrogen) atoms. The van der Waals surface area contributed by atoms with Crippen LogP contribution >= 0.6 is 0 Å². The number of carbonyl (C=O) groups excluding carboxylic acids is 1. The molecular weight excluding hydrogens is 140 g/mol. The molecule has 62 valence electrons. The molecular formula is C8H14N2O. The van der Waals surface area contributed by atoms with Crippen LogP contribution in [0, 0.1) is 5.92 Å². The summed E-state index contributed by atoms with van der Waals surface area (Å²) in [6.07, 6.45) is 3.97. The first-order chi connectivity index (χ1) is 5.29. The lowest BCUT2D eigenvalue weighted by atomic mass is 9.79. The van der Waals surface area contributed by atoms with Gasteiger partial charge < -0.3 is 10.2 Å². The third kappa shape index (κ3) is 0.988. The number of hydrogen-bond acceptors (Lipinski definition) is 1. The highest BCUT2D eigenvalue weighted by Crippen LogP contribution is 2.32. The van der Waals surface area contributed by atoms with Crippen LogP contribution in [-0.2, 0) is 0 Å². The summed E-state index contributed by atoms with van der Waals surface area (Å²) >= 11 is 0. The molecule has 1 heterocycles. The van der Waals surface area contributed by atoms with E-state index in [0.29, 0.717) is 6.04 Å². The molecule has 1 aliphatic heterocycles. The molecule has 0 spiro atoms. The molecule has 2 aliphatic rings. The maximum Gasteiger partial charge on any atom is 0.317 e. The highest BCUT2D eigenvalue weighted by molar-refractivity contribution is 5.76. The van der Waals surface area contributed by atoms with E-state index in [4.69, 9.17) is 0 Å². The first kappa shape index (κ1) is 6.95. The highest BCUT2D eigenvalue weighted by Gasteiger charge is 2.36. The second kappa shape index (κ2) is 2.40. The molecule has 1 aliphatic carbocycles. The minimum Gasteiger partial charge on any atom is -0.336 e. The number of carbonyl (C=O) groups is 1. The average molecular weight is 154 g/mol. The van der Waals surface area contributed by atoms with E-state index in [1.165, 1.54) is 19.3 Å². The summed E-state index contributed by atoms with van der Waals surface area (Å²) < 4.78 is 0. The van der Waals surface area contributed by atoms with Crippen molar-refractivity contribution >= 4 is 6.03 Å². The molecule has 1 saturated heterocycles. The Balaban J connectivity index is 1.98. The van der Waals surface area contributed by atoms with Gasteiger partial charge in [-0.2, -0.15) is 0 Å². The van der Waals surface area contributed by atoms with E-state index in [2.05, 4.69) is 5.32 Å². The van der Waals surface area contributed by atoms with Gasteiger partial charge in [-0.15, -0.1) is 0 Å². The first-order valence-corrected chi connectivity index (χ1v) is 4.29. The van der Waals surface area contributed by atoms with E-state index in [0.717, 1.165) is 12.5 Å². The molecule has 0 aromatic rings. The lowest BCUT2D eigenvalue weighted by Gasteiger charge is -2.33. The van der Waals surface area contributed by atoms with Crippen LogP contribution in [0.15, 0.2) is 0 Å². The van der Waals surface area contributed by atoms with Crippen molar-refractivity contribution in [1.82, 2.24) is 10.2 Å². The summed E-state index contributed by atoms with van der Waals surface area (Å²) in [5.74, 6) is 0.777. The smallest absolute Gasteiger partial charge is 0.317 e. The Bertz CT molecular complexity index is 177. The van der Waals surface area contributed by atoms with Gasteiger partial charge in [0.1, 0.15) is 0 Å². The zero-order chi connectivity index (χ0) is 7.84. The third-order valence-corrected chi connectivity index (χ3v) is 2.97. The zero-order valence-electron chi connectivity index (χ0n) is 6.84. The molecule has 1 atom stereocenters. The molecule has 3 heteroatoms. The van der Waals surface area contributed by atoms with Gasteiger partial charge in [-0.1, -0.05) is 6.42 Å². The predicted octanol–water partition coefficient (Wildman–Crippen LogP) is 0.810. The fourth-order valence-corrected chi connectivity index (χ4v) is 1.91. The van der Waals surface area contributed by atoms with E-state index in [1.54, 1.807) is 0 Å². The minimum absolute atomic E-state index is 0.0990. The summed E-state index contributed by atoms with van der Waals surface area (Å²) in [5, 5.41) is 2.86. The first-order valence-electron chi connectivity index (χ1n) is 4.29. The van der Waals surface area contributed by atoms with Crippen LogP contribution in [0.2, 0.25) is 0 Å². The van der Waals surface area contributed by atoms with Crippen LogP contribution in [0.4, 0.5) is 4.79 Å². The average Bonchev–Trinajstić information content (AvgIpc) is 2.15. The van der Waals surface area contributed by atoms with Crippen molar-refractivity contribution in [3.05, 3.63) is 0 Å². The molecule has 2 rings (SSSR count). The van der Waals surface area contributed by atoms with Gasteiger partial charge in [0.25, 0.3) is 0 Å². The van der Waals surface area contributed by atoms with Gasteiger partial charge in [0.05, 0.1) is 6.04 Å². The second-order valence-corrected chi connectivity index (χ2v) is 3.56. The summed E-state index contributed by atoms with van der Waals surface area (Å²) in [7, 11) is 1.89. The van der Waals surface area contributed by atoms with Crippen LogP contribution in [0.5, 0.6) is 0 Å². The predicted molar refractivity (Wildman–Crippen MR) is 42.3 cm³/mol. The Labute approximate surface area is 66.8 Å². The van der Waals surface area contributed by atoms with E-state index in [-0.39, 0.29) is 6.03 Å². The maximum atomic E-state index is 11.0. The van der Waals surface area contributed by atoms with Crippen LogP contribution in [0.25, 0.3) is 0 Å². The fourth-order valence-electron chi connectivity index (χ4n) is 1.91. The largest absolute Gasteiger partial charge is 0.336 e. The van der Waals surface area contributed by atoms with Crippen molar-refractivity contribution in [2.75, 3.05) is 13.6 Å². The summed E-state index contributed by atoms with van der Waals surface area (Å²) in [6.45, 7) is 0.861. The summed E-state index contributed by atoms with van der Waals surface area (Å²) in [4.78, 5) is 12.9. The van der Waals surface area contributed by atoms with E-state index >= 15 is 0 Å². The molecule has 0 aromatic carbocycles. The van der Waals surface area contributed by atoms with E-state index in [1.807, 2.05) is 11.9 Å². The number of rotatable bonds is 1. The Morgan fingerprint density at radius 2 is 2.27 bits per heavy atom. The van der Waals surface area contributed by atoms with Crippen LogP contribution in [-0.4, -0.2) is 30.6 Å². The van der Waals surface area contributed by atoms with Crippen molar-refractivity contribution in [2.24, 2.45) is 5.92 Å². The number of amides is 2. The minimum atomic E-state index is 0.0990. The molecule has 2 amide bonds. The molecule has 0 aromatic heterocycles. The number of nitrogens with zero attached hydrogens (tertiary/aromatic N) is 1. The zero-order valence-corrected chi connectivity index (χ0v) is 6.84.